The van der Waals surface area contributed by atoms with Crippen molar-refractivity contribution >= 4 is 29.4 Å². The highest BCUT2D eigenvalue weighted by atomic mass is 19.4. The minimum absolute atomic E-state index is 0.0310. The number of halogens is 3. The Balaban J connectivity index is 1.43. The number of rotatable bonds is 11. The van der Waals surface area contributed by atoms with Crippen LogP contribution in [0.4, 0.5) is 29.5 Å². The number of carbonyl (C=O) groups is 2. The van der Waals surface area contributed by atoms with Crippen LogP contribution < -0.4 is 37.1 Å². The summed E-state index contributed by atoms with van der Waals surface area (Å²) in [5.41, 5.74) is 10.7. The van der Waals surface area contributed by atoms with Crippen molar-refractivity contribution in [2.45, 2.75) is 39.2 Å². The van der Waals surface area contributed by atoms with Gasteiger partial charge in [0.15, 0.2) is 11.7 Å². The molecule has 4 rings (SSSR count). The molecule has 0 aliphatic carbocycles. The van der Waals surface area contributed by atoms with E-state index in [0.717, 1.165) is 16.7 Å². The van der Waals surface area contributed by atoms with E-state index in [2.05, 4.69) is 20.8 Å². The number of alkyl halides is 3. The van der Waals surface area contributed by atoms with Gasteiger partial charge in [0, 0.05) is 29.4 Å². The van der Waals surface area contributed by atoms with Gasteiger partial charge >= 0.3 is 12.3 Å². The second-order valence-corrected chi connectivity index (χ2v) is 10.6. The molecule has 0 saturated heterocycles. The van der Waals surface area contributed by atoms with Crippen molar-refractivity contribution in [2.75, 3.05) is 18.2 Å². The van der Waals surface area contributed by atoms with E-state index in [1.165, 1.54) is 31.5 Å². The summed E-state index contributed by atoms with van der Waals surface area (Å²) in [6.45, 7) is 3.05. The molecule has 1 heterocycles. The zero-order valence-electron chi connectivity index (χ0n) is 26.0. The maximum absolute atomic E-state index is 13.5. The third kappa shape index (κ3) is 9.24. The molecule has 6 N–H and O–H groups in total. The van der Waals surface area contributed by atoms with Crippen LogP contribution in [0.2, 0.25) is 0 Å². The van der Waals surface area contributed by atoms with E-state index < -0.39 is 35.9 Å². The molecule has 1 aromatic heterocycles. The van der Waals surface area contributed by atoms with E-state index in [1.54, 1.807) is 50.2 Å². The van der Waals surface area contributed by atoms with E-state index in [1.807, 2.05) is 0 Å². The topological polar surface area (TPSA) is 185 Å². The summed E-state index contributed by atoms with van der Waals surface area (Å²) in [6.07, 6.45) is -4.59. The number of nitrogens with one attached hydrogen (secondary N) is 2. The van der Waals surface area contributed by atoms with Crippen molar-refractivity contribution in [1.82, 2.24) is 14.9 Å². The van der Waals surface area contributed by atoms with E-state index >= 15 is 0 Å². The number of benzene rings is 3. The smallest absolute Gasteiger partial charge is 0.497 e. The first-order chi connectivity index (χ1) is 22.7. The number of hydrogen-bond acceptors (Lipinski definition) is 10. The van der Waals surface area contributed by atoms with Gasteiger partial charge in [-0.25, -0.2) is 9.78 Å². The minimum atomic E-state index is -4.69. The van der Waals surface area contributed by atoms with E-state index in [0.29, 0.717) is 16.9 Å². The van der Waals surface area contributed by atoms with Gasteiger partial charge in [0.2, 0.25) is 5.91 Å². The lowest BCUT2D eigenvalue weighted by Crippen LogP contribution is -2.35. The van der Waals surface area contributed by atoms with Gasteiger partial charge in [-0.15, -0.1) is 0 Å². The average Bonchev–Trinajstić information content (AvgIpc) is 3.04. The number of nitrogens with zero attached hydrogens (tertiary/aromatic N) is 3. The highest BCUT2D eigenvalue weighted by Crippen LogP contribution is 2.34. The summed E-state index contributed by atoms with van der Waals surface area (Å²) in [6, 6.07) is 15.3. The Morgan fingerprint density at radius 1 is 1.02 bits per heavy atom. The van der Waals surface area contributed by atoms with Gasteiger partial charge in [-0.05, 0) is 61.9 Å². The fourth-order valence-corrected chi connectivity index (χ4v) is 4.30. The first-order valence-corrected chi connectivity index (χ1v) is 14.3. The Labute approximate surface area is 272 Å². The highest BCUT2D eigenvalue weighted by molar-refractivity contribution is 5.97. The summed E-state index contributed by atoms with van der Waals surface area (Å²) in [7, 11) is 1.50. The number of nitrogen functional groups attached to an aromatic ring is 1. The maximum atomic E-state index is 13.5. The average molecular weight is 668 g/mol. The van der Waals surface area contributed by atoms with Gasteiger partial charge in [0.1, 0.15) is 18.0 Å². The predicted molar refractivity (Wildman–Crippen MR) is 171 cm³/mol. The molecular formula is C32H32F3N7O6. The molecular weight excluding hydrogens is 635 g/mol. The van der Waals surface area contributed by atoms with Crippen molar-refractivity contribution < 1.29 is 37.1 Å². The van der Waals surface area contributed by atoms with Gasteiger partial charge in [0.05, 0.1) is 24.6 Å². The fraction of sp³-hybridized carbons (Fsp3) is 0.219. The van der Waals surface area contributed by atoms with Crippen LogP contribution in [0, 0.1) is 0 Å². The number of ether oxygens (including phenoxy) is 2. The Kier molecular flexibility index (Phi) is 10.9. The fourth-order valence-electron chi connectivity index (χ4n) is 4.30. The number of anilines is 2. The molecule has 0 bridgehead atoms. The number of hydrogen-bond donors (Lipinski definition) is 4. The normalized spacial score (nSPS) is 11.6. The molecule has 16 heteroatoms. The third-order valence-corrected chi connectivity index (χ3v) is 6.58. The Morgan fingerprint density at radius 3 is 2.31 bits per heavy atom. The zero-order chi connectivity index (χ0) is 35.0. The molecule has 0 fully saturated rings. The molecule has 3 aromatic carbocycles. The van der Waals surface area contributed by atoms with Crippen molar-refractivity contribution in [3.8, 4) is 22.8 Å². The standard InChI is InChI=1S/C32H32F3N7O6/c1-18(2)40-29-30(44)42(26(16-39-29)21-12-22(32(33,34)35)14-23(36)13-21)17-27(43)38-15-19-4-6-20(7-5-19)28(37)41-48-31(45)47-25-10-8-24(46-3)9-11-25/h4-14,16,18H,15,17,36H2,1-3H3,(H2,37,41)(H,38,43)(H,39,40). The largest absolute Gasteiger partial charge is 0.540 e. The molecule has 0 saturated carbocycles. The van der Waals surface area contributed by atoms with Crippen molar-refractivity contribution in [1.29, 1.82) is 0 Å². The SMILES string of the molecule is COc1ccc(OC(=O)O/N=C(\N)c2ccc(CNC(=O)Cn3c(-c4cc(N)cc(C(F)(F)F)c4)cnc(NC(C)C)c3=O)cc2)cc1. The van der Waals surface area contributed by atoms with Crippen LogP contribution in [0.1, 0.15) is 30.5 Å². The Morgan fingerprint density at radius 2 is 1.69 bits per heavy atom. The molecule has 252 valence electrons. The van der Waals surface area contributed by atoms with Crippen LogP contribution in [-0.4, -0.2) is 40.6 Å². The molecule has 13 nitrogen and oxygen atoms in total. The van der Waals surface area contributed by atoms with E-state index in [4.69, 9.17) is 25.8 Å². The van der Waals surface area contributed by atoms with Crippen LogP contribution >= 0.6 is 0 Å². The highest BCUT2D eigenvalue weighted by Gasteiger charge is 2.31. The lowest BCUT2D eigenvalue weighted by atomic mass is 10.1. The van der Waals surface area contributed by atoms with Gasteiger partial charge in [0.25, 0.3) is 5.56 Å². The summed E-state index contributed by atoms with van der Waals surface area (Å²) in [5.74, 6) is -0.0160. The monoisotopic (exact) mass is 667 g/mol. The number of amidine groups is 1. The summed E-state index contributed by atoms with van der Waals surface area (Å²) in [5, 5.41) is 9.13. The first-order valence-electron chi connectivity index (χ1n) is 14.3. The van der Waals surface area contributed by atoms with Crippen LogP contribution in [0.3, 0.4) is 0 Å². The molecule has 4 aromatic rings. The molecule has 0 spiro atoms. The third-order valence-electron chi connectivity index (χ3n) is 6.58. The first kappa shape index (κ1) is 34.8. The van der Waals surface area contributed by atoms with Crippen LogP contribution in [-0.2, 0) is 28.9 Å². The summed E-state index contributed by atoms with van der Waals surface area (Å²) >= 11 is 0. The summed E-state index contributed by atoms with van der Waals surface area (Å²) in [4.78, 5) is 47.1. The number of methoxy groups -OCH3 is 1. The predicted octanol–water partition coefficient (Wildman–Crippen LogP) is 4.49. The second-order valence-electron chi connectivity index (χ2n) is 10.6. The number of amides is 1. The van der Waals surface area contributed by atoms with Crippen LogP contribution in [0.25, 0.3) is 11.3 Å². The summed E-state index contributed by atoms with van der Waals surface area (Å²) < 4.78 is 51.6. The lowest BCUT2D eigenvalue weighted by molar-refractivity contribution is -0.137. The van der Waals surface area contributed by atoms with Crippen molar-refractivity contribution in [3.63, 3.8) is 0 Å². The van der Waals surface area contributed by atoms with Crippen molar-refractivity contribution in [2.24, 2.45) is 10.9 Å². The molecule has 0 radical (unpaired) electrons. The molecule has 1 amide bonds. The van der Waals surface area contributed by atoms with Gasteiger partial charge < -0.3 is 31.6 Å². The number of nitrogens with two attached hydrogens (primary N) is 2. The number of aromatic nitrogens is 2. The second kappa shape index (κ2) is 15.0. The minimum Gasteiger partial charge on any atom is -0.497 e. The molecule has 0 unspecified atom stereocenters. The van der Waals surface area contributed by atoms with Crippen LogP contribution in [0.15, 0.2) is 82.9 Å². The molecule has 0 aliphatic heterocycles. The Bertz CT molecular complexity index is 1860. The molecule has 0 atom stereocenters. The quantitative estimate of drug-likeness (QED) is 0.0338. The Hall–Kier alpha value is -6.06. The van der Waals surface area contributed by atoms with Crippen molar-refractivity contribution in [3.05, 3.63) is 100.0 Å². The van der Waals surface area contributed by atoms with Gasteiger partial charge in [-0.1, -0.05) is 29.4 Å². The van der Waals surface area contributed by atoms with Crippen LogP contribution in [0.5, 0.6) is 11.5 Å². The zero-order valence-corrected chi connectivity index (χ0v) is 26.0. The van der Waals surface area contributed by atoms with Gasteiger partial charge in [-0.3, -0.25) is 19.0 Å². The lowest BCUT2D eigenvalue weighted by Gasteiger charge is -2.17. The van der Waals surface area contributed by atoms with E-state index in [9.17, 15) is 27.6 Å². The van der Waals surface area contributed by atoms with Gasteiger partial charge in [-0.2, -0.15) is 13.2 Å². The number of oxime groups is 1. The van der Waals surface area contributed by atoms with E-state index in [-0.39, 0.29) is 46.9 Å². The molecule has 48 heavy (non-hydrogen) atoms. The maximum Gasteiger partial charge on any atom is 0.540 e. The molecule has 0 aliphatic rings. The number of carbonyl (C=O) groups excluding carboxylic acids is 2.